The summed E-state index contributed by atoms with van der Waals surface area (Å²) in [6.45, 7) is 0.274. The van der Waals surface area contributed by atoms with E-state index in [1.165, 1.54) is 11.8 Å². The summed E-state index contributed by atoms with van der Waals surface area (Å²) in [5.41, 5.74) is 1.85. The number of para-hydroxylation sites is 1. The molecule has 0 bridgehead atoms. The van der Waals surface area contributed by atoms with Gasteiger partial charge >= 0.3 is 0 Å². The molecule has 34 heavy (non-hydrogen) atoms. The van der Waals surface area contributed by atoms with Gasteiger partial charge in [-0.15, -0.1) is 0 Å². The first kappa shape index (κ1) is 23.4. The predicted molar refractivity (Wildman–Crippen MR) is 133 cm³/mol. The van der Waals surface area contributed by atoms with Crippen LogP contribution in [0.2, 0.25) is 0 Å². The monoisotopic (exact) mass is 476 g/mol. The van der Waals surface area contributed by atoms with E-state index in [1.54, 1.807) is 68.4 Å². The molecule has 4 rings (SSSR count). The van der Waals surface area contributed by atoms with Crippen LogP contribution in [0.5, 0.6) is 17.2 Å². The first-order valence-electron chi connectivity index (χ1n) is 10.5. The highest BCUT2D eigenvalue weighted by atomic mass is 32.2. The van der Waals surface area contributed by atoms with E-state index in [-0.39, 0.29) is 23.6 Å². The van der Waals surface area contributed by atoms with Gasteiger partial charge < -0.3 is 14.2 Å². The first-order chi connectivity index (χ1) is 16.5. The molecule has 0 atom stereocenters. The third kappa shape index (κ3) is 4.92. The minimum Gasteiger partial charge on any atom is -0.497 e. The normalized spacial score (nSPS) is 10.8. The van der Waals surface area contributed by atoms with Gasteiger partial charge in [0.25, 0.3) is 5.56 Å². The molecule has 0 fully saturated rings. The van der Waals surface area contributed by atoms with Crippen molar-refractivity contribution in [2.75, 3.05) is 27.1 Å². The highest BCUT2D eigenvalue weighted by Gasteiger charge is 2.15. The molecule has 0 aliphatic carbocycles. The Balaban J connectivity index is 1.67. The number of benzene rings is 3. The lowest BCUT2D eigenvalue weighted by atomic mass is 10.1. The first-order valence-corrected chi connectivity index (χ1v) is 11.5. The van der Waals surface area contributed by atoms with Crippen LogP contribution in [0, 0.1) is 0 Å². The topological polar surface area (TPSA) is 79.7 Å². The minimum atomic E-state index is -0.167. The van der Waals surface area contributed by atoms with Gasteiger partial charge in [0.05, 0.1) is 44.5 Å². The van der Waals surface area contributed by atoms with Gasteiger partial charge in [-0.2, -0.15) is 0 Å². The van der Waals surface area contributed by atoms with E-state index in [0.717, 1.165) is 5.56 Å². The lowest BCUT2D eigenvalue weighted by molar-refractivity contribution is 0.102. The van der Waals surface area contributed by atoms with Gasteiger partial charge in [0.2, 0.25) is 0 Å². The van der Waals surface area contributed by atoms with Crippen molar-refractivity contribution in [1.82, 2.24) is 9.55 Å². The highest BCUT2D eigenvalue weighted by molar-refractivity contribution is 7.99. The lowest BCUT2D eigenvalue weighted by Crippen LogP contribution is -2.24. The average Bonchev–Trinajstić information content (AvgIpc) is 2.89. The number of thioether (sulfide) groups is 1. The number of hydrogen-bond acceptors (Lipinski definition) is 7. The van der Waals surface area contributed by atoms with E-state index in [9.17, 15) is 9.59 Å². The van der Waals surface area contributed by atoms with Crippen LogP contribution < -0.4 is 19.8 Å². The zero-order chi connectivity index (χ0) is 24.1. The van der Waals surface area contributed by atoms with Crippen molar-refractivity contribution in [2.45, 2.75) is 11.7 Å². The summed E-state index contributed by atoms with van der Waals surface area (Å²) >= 11 is 1.24. The van der Waals surface area contributed by atoms with Gasteiger partial charge in [-0.25, -0.2) is 4.98 Å². The number of hydrogen-bond donors (Lipinski definition) is 0. The van der Waals surface area contributed by atoms with Crippen molar-refractivity contribution in [3.63, 3.8) is 0 Å². The summed E-state index contributed by atoms with van der Waals surface area (Å²) in [6, 6.07) is 19.7. The SMILES string of the molecule is COc1ccc(C(=O)CSc2nc3ccccc3c(=O)n2Cc2ccc(OC)c(OC)c2)cc1. The molecular weight excluding hydrogens is 452 g/mol. The Morgan fingerprint density at radius 2 is 1.65 bits per heavy atom. The van der Waals surface area contributed by atoms with Crippen LogP contribution in [0.25, 0.3) is 10.9 Å². The van der Waals surface area contributed by atoms with Crippen molar-refractivity contribution < 1.29 is 19.0 Å². The molecule has 0 saturated carbocycles. The molecule has 0 amide bonds. The molecule has 1 heterocycles. The number of aromatic nitrogens is 2. The number of Topliss-reactive ketones (excluding diaryl/α,β-unsaturated/α-hetero) is 1. The molecule has 3 aromatic carbocycles. The van der Waals surface area contributed by atoms with Gasteiger partial charge in [-0.1, -0.05) is 30.0 Å². The van der Waals surface area contributed by atoms with Crippen molar-refractivity contribution in [2.24, 2.45) is 0 Å². The number of ketones is 1. The molecule has 7 nitrogen and oxygen atoms in total. The van der Waals surface area contributed by atoms with Crippen LogP contribution in [0.1, 0.15) is 15.9 Å². The number of rotatable bonds is 9. The summed E-state index contributed by atoms with van der Waals surface area (Å²) in [5.74, 6) is 1.95. The maximum atomic E-state index is 13.4. The lowest BCUT2D eigenvalue weighted by Gasteiger charge is -2.14. The Morgan fingerprint density at radius 1 is 0.912 bits per heavy atom. The van der Waals surface area contributed by atoms with E-state index in [0.29, 0.717) is 38.9 Å². The van der Waals surface area contributed by atoms with Gasteiger partial charge in [0.1, 0.15) is 5.75 Å². The Labute approximate surface area is 201 Å². The minimum absolute atomic E-state index is 0.0623. The molecule has 1 aromatic heterocycles. The summed E-state index contributed by atoms with van der Waals surface area (Å²) in [7, 11) is 4.72. The Hall–Kier alpha value is -3.78. The summed E-state index contributed by atoms with van der Waals surface area (Å²) in [5, 5.41) is 0.995. The third-order valence-corrected chi connectivity index (χ3v) is 6.34. The molecular formula is C26H24N2O5S. The number of carbonyl (C=O) groups is 1. The molecule has 174 valence electrons. The molecule has 0 unspecified atom stereocenters. The third-order valence-electron chi connectivity index (χ3n) is 5.36. The smallest absolute Gasteiger partial charge is 0.262 e. The van der Waals surface area contributed by atoms with E-state index in [4.69, 9.17) is 19.2 Å². The summed E-state index contributed by atoms with van der Waals surface area (Å²) in [6.07, 6.45) is 0. The second-order valence-electron chi connectivity index (χ2n) is 7.43. The van der Waals surface area contributed by atoms with E-state index < -0.39 is 0 Å². The van der Waals surface area contributed by atoms with Crippen LogP contribution in [-0.2, 0) is 6.54 Å². The quantitative estimate of drug-likeness (QED) is 0.201. The number of fused-ring (bicyclic) bond motifs is 1. The average molecular weight is 477 g/mol. The van der Waals surface area contributed by atoms with E-state index in [2.05, 4.69) is 0 Å². The second-order valence-corrected chi connectivity index (χ2v) is 8.38. The van der Waals surface area contributed by atoms with Crippen LogP contribution in [0.15, 0.2) is 76.7 Å². The maximum absolute atomic E-state index is 13.4. The zero-order valence-corrected chi connectivity index (χ0v) is 19.9. The zero-order valence-electron chi connectivity index (χ0n) is 19.1. The Kier molecular flexibility index (Phi) is 7.18. The van der Waals surface area contributed by atoms with Crippen molar-refractivity contribution >= 4 is 28.4 Å². The molecule has 0 N–H and O–H groups in total. The van der Waals surface area contributed by atoms with Crippen molar-refractivity contribution in [3.8, 4) is 17.2 Å². The molecule has 0 radical (unpaired) electrons. The highest BCUT2D eigenvalue weighted by Crippen LogP contribution is 2.28. The van der Waals surface area contributed by atoms with Crippen LogP contribution in [0.4, 0.5) is 0 Å². The molecule has 0 aliphatic rings. The van der Waals surface area contributed by atoms with Crippen LogP contribution in [-0.4, -0.2) is 42.4 Å². The molecule has 0 spiro atoms. The fourth-order valence-electron chi connectivity index (χ4n) is 3.55. The molecule has 4 aromatic rings. The van der Waals surface area contributed by atoms with Crippen molar-refractivity contribution in [1.29, 1.82) is 0 Å². The Morgan fingerprint density at radius 3 is 2.35 bits per heavy atom. The number of methoxy groups -OCH3 is 3. The second kappa shape index (κ2) is 10.4. The predicted octanol–water partition coefficient (Wildman–Crippen LogP) is 4.45. The Bertz CT molecular complexity index is 1380. The van der Waals surface area contributed by atoms with Gasteiger partial charge in [-0.05, 0) is 54.1 Å². The maximum Gasteiger partial charge on any atom is 0.262 e. The summed E-state index contributed by atoms with van der Waals surface area (Å²) in [4.78, 5) is 30.9. The fourth-order valence-corrected chi connectivity index (χ4v) is 4.44. The largest absolute Gasteiger partial charge is 0.497 e. The van der Waals surface area contributed by atoms with Gasteiger partial charge in [0, 0.05) is 5.56 Å². The molecule has 8 heteroatoms. The number of nitrogens with zero attached hydrogens (tertiary/aromatic N) is 2. The fraction of sp³-hybridized carbons (Fsp3) is 0.192. The van der Waals surface area contributed by atoms with Gasteiger partial charge in [0.15, 0.2) is 22.4 Å². The van der Waals surface area contributed by atoms with Crippen LogP contribution in [0.3, 0.4) is 0 Å². The number of carbonyl (C=O) groups excluding carboxylic acids is 1. The van der Waals surface area contributed by atoms with E-state index in [1.807, 2.05) is 24.3 Å². The van der Waals surface area contributed by atoms with Crippen LogP contribution >= 0.6 is 11.8 Å². The van der Waals surface area contributed by atoms with E-state index >= 15 is 0 Å². The van der Waals surface area contributed by atoms with Crippen molar-refractivity contribution in [3.05, 3.63) is 88.2 Å². The number of ether oxygens (including phenoxy) is 3. The standard InChI is InChI=1S/C26H24N2O5S/c1-31-19-11-9-18(10-12-19)22(29)16-34-26-27-21-7-5-4-6-20(21)25(30)28(26)15-17-8-13-23(32-2)24(14-17)33-3/h4-14H,15-16H2,1-3H3. The molecule has 0 saturated heterocycles. The summed E-state index contributed by atoms with van der Waals surface area (Å²) < 4.78 is 17.5. The molecule has 0 aliphatic heterocycles. The van der Waals surface area contributed by atoms with Gasteiger partial charge in [-0.3, -0.25) is 14.2 Å².